The molecule has 0 radical (unpaired) electrons. The number of rotatable bonds is 7. The fraction of sp³-hybridized carbons (Fsp3) is 0.500. The number of allylic oxidation sites excluding steroid dienone is 1. The second-order valence-electron chi connectivity index (χ2n) is 5.67. The number of ether oxygens (including phenoxy) is 1. The Morgan fingerprint density at radius 2 is 2.09 bits per heavy atom. The minimum absolute atomic E-state index is 0.0166. The largest absolute Gasteiger partial charge is 0.372 e. The van der Waals surface area contributed by atoms with E-state index in [9.17, 15) is 5.21 Å². The molecule has 120 valence electrons. The van der Waals surface area contributed by atoms with Gasteiger partial charge in [0.15, 0.2) is 6.29 Å². The van der Waals surface area contributed by atoms with Crippen molar-refractivity contribution < 1.29 is 14.5 Å². The minimum atomic E-state index is -0.532. The van der Waals surface area contributed by atoms with Crippen LogP contribution < -0.4 is 0 Å². The van der Waals surface area contributed by atoms with Crippen molar-refractivity contribution in [3.63, 3.8) is 0 Å². The molecule has 0 spiro atoms. The molecule has 0 aromatic heterocycles. The molecule has 0 saturated heterocycles. The molecule has 0 N–H and O–H groups in total. The van der Waals surface area contributed by atoms with Gasteiger partial charge in [0.1, 0.15) is 0 Å². The van der Waals surface area contributed by atoms with Gasteiger partial charge in [-0.1, -0.05) is 49.8 Å². The van der Waals surface area contributed by atoms with Gasteiger partial charge in [0, 0.05) is 24.4 Å². The van der Waals surface area contributed by atoms with Crippen molar-refractivity contribution in [2.45, 2.75) is 45.3 Å². The van der Waals surface area contributed by atoms with E-state index in [2.05, 4.69) is 13.5 Å². The van der Waals surface area contributed by atoms with Gasteiger partial charge in [-0.05, 0) is 18.4 Å². The van der Waals surface area contributed by atoms with E-state index in [1.807, 2.05) is 43.3 Å². The monoisotopic (exact) mass is 303 g/mol. The molecule has 0 aliphatic carbocycles. The second kappa shape index (κ2) is 7.99. The van der Waals surface area contributed by atoms with E-state index in [1.54, 1.807) is 0 Å². The van der Waals surface area contributed by atoms with E-state index >= 15 is 0 Å². The van der Waals surface area contributed by atoms with E-state index in [-0.39, 0.29) is 11.8 Å². The highest BCUT2D eigenvalue weighted by molar-refractivity contribution is 5.85. The highest BCUT2D eigenvalue weighted by atomic mass is 16.9. The van der Waals surface area contributed by atoms with Crippen LogP contribution in [0, 0.1) is 11.1 Å². The van der Waals surface area contributed by atoms with Crippen LogP contribution in [0.15, 0.2) is 43.0 Å². The van der Waals surface area contributed by atoms with Crippen LogP contribution in [-0.2, 0) is 9.57 Å². The maximum Gasteiger partial charge on any atom is 0.226 e. The Morgan fingerprint density at radius 3 is 2.73 bits per heavy atom. The molecule has 1 heterocycles. The number of benzene rings is 1. The first-order valence-corrected chi connectivity index (χ1v) is 7.94. The predicted molar refractivity (Wildman–Crippen MR) is 87.5 cm³/mol. The highest BCUT2D eigenvalue weighted by Crippen LogP contribution is 2.36. The molecule has 0 amide bonds. The fourth-order valence-corrected chi connectivity index (χ4v) is 2.92. The van der Waals surface area contributed by atoms with Crippen LogP contribution in [0.5, 0.6) is 0 Å². The Balaban J connectivity index is 2.29. The van der Waals surface area contributed by atoms with Gasteiger partial charge >= 0.3 is 0 Å². The number of hydrogen-bond acceptors (Lipinski definition) is 3. The van der Waals surface area contributed by atoms with E-state index in [1.165, 1.54) is 0 Å². The van der Waals surface area contributed by atoms with Gasteiger partial charge in [0.2, 0.25) is 5.71 Å². The highest BCUT2D eigenvalue weighted by Gasteiger charge is 2.40. The average molecular weight is 303 g/mol. The van der Waals surface area contributed by atoms with Crippen molar-refractivity contribution in [3.8, 4) is 0 Å². The van der Waals surface area contributed by atoms with E-state index in [0.717, 1.165) is 24.8 Å². The quantitative estimate of drug-likeness (QED) is 0.434. The van der Waals surface area contributed by atoms with Crippen LogP contribution >= 0.6 is 0 Å². The Bertz CT molecular complexity index is 512. The summed E-state index contributed by atoms with van der Waals surface area (Å²) in [6.07, 6.45) is 4.08. The standard InChI is InChI=1S/C18H25NO3/c1-4-6-13-21-18-16(10-5-2)17(14(3)19(20)22-18)15-11-8-7-9-12-15/h5,7-9,11-12,16-18H,2,4,6,10,13H2,1,3H3/t16-,17-,18-/m0/s1. The summed E-state index contributed by atoms with van der Waals surface area (Å²) in [7, 11) is 0. The van der Waals surface area contributed by atoms with Crippen molar-refractivity contribution in [2.75, 3.05) is 6.61 Å². The predicted octanol–water partition coefficient (Wildman–Crippen LogP) is 4.02. The summed E-state index contributed by atoms with van der Waals surface area (Å²) >= 11 is 0. The molecule has 1 aliphatic heterocycles. The topological polar surface area (TPSA) is 44.5 Å². The van der Waals surface area contributed by atoms with Gasteiger partial charge in [-0.2, -0.15) is 0 Å². The zero-order valence-electron chi connectivity index (χ0n) is 13.4. The number of unbranched alkanes of at least 4 members (excludes halogenated alkanes) is 1. The van der Waals surface area contributed by atoms with Crippen LogP contribution in [0.3, 0.4) is 0 Å². The van der Waals surface area contributed by atoms with Crippen LogP contribution in [0.1, 0.15) is 44.6 Å². The number of hydrogen-bond donors (Lipinski definition) is 0. The average Bonchev–Trinajstić information content (AvgIpc) is 2.53. The van der Waals surface area contributed by atoms with Gasteiger partial charge in [0.05, 0.1) is 5.92 Å². The molecule has 1 aromatic carbocycles. The summed E-state index contributed by atoms with van der Waals surface area (Å²) in [4.78, 5) is 6.05. The van der Waals surface area contributed by atoms with E-state index < -0.39 is 6.29 Å². The van der Waals surface area contributed by atoms with E-state index in [0.29, 0.717) is 17.2 Å². The molecule has 4 heteroatoms. The first kappa shape index (κ1) is 16.6. The first-order chi connectivity index (χ1) is 10.7. The Labute approximate surface area is 132 Å². The van der Waals surface area contributed by atoms with Crippen molar-refractivity contribution in [1.29, 1.82) is 0 Å². The van der Waals surface area contributed by atoms with Crippen LogP contribution in [-0.4, -0.2) is 23.5 Å². The number of nitrogens with zero attached hydrogens (tertiary/aromatic N) is 1. The third kappa shape index (κ3) is 3.69. The van der Waals surface area contributed by atoms with Crippen molar-refractivity contribution >= 4 is 5.71 Å². The molecule has 2 rings (SSSR count). The maximum atomic E-state index is 12.1. The minimum Gasteiger partial charge on any atom is -0.372 e. The second-order valence-corrected chi connectivity index (χ2v) is 5.67. The summed E-state index contributed by atoms with van der Waals surface area (Å²) in [6.45, 7) is 8.38. The van der Waals surface area contributed by atoms with Gasteiger partial charge in [-0.15, -0.1) is 6.58 Å². The SMILES string of the molecule is C=CC[C@@H]1[C@@H](OCCCC)O[N+]([O-])=C(C)[C@H]1c1ccccc1. The van der Waals surface area contributed by atoms with Crippen LogP contribution in [0.2, 0.25) is 0 Å². The summed E-state index contributed by atoms with van der Waals surface area (Å²) in [5.41, 5.74) is 1.77. The Morgan fingerprint density at radius 1 is 1.36 bits per heavy atom. The van der Waals surface area contributed by atoms with Crippen molar-refractivity contribution in [1.82, 2.24) is 0 Å². The van der Waals surface area contributed by atoms with Crippen LogP contribution in [0.25, 0.3) is 0 Å². The van der Waals surface area contributed by atoms with E-state index in [4.69, 9.17) is 9.57 Å². The Hall–Kier alpha value is -1.81. The normalized spacial score (nSPS) is 24.9. The van der Waals surface area contributed by atoms with Gasteiger partial charge < -0.3 is 9.57 Å². The lowest BCUT2D eigenvalue weighted by molar-refractivity contribution is -0.775. The molecule has 1 aliphatic rings. The molecule has 22 heavy (non-hydrogen) atoms. The molecule has 1 aromatic rings. The maximum absolute atomic E-state index is 12.1. The summed E-state index contributed by atoms with van der Waals surface area (Å²) in [6, 6.07) is 10.1. The molecule has 0 unspecified atom stereocenters. The van der Waals surface area contributed by atoms with Crippen LogP contribution in [0.4, 0.5) is 0 Å². The lowest BCUT2D eigenvalue weighted by Gasteiger charge is -2.37. The summed E-state index contributed by atoms with van der Waals surface area (Å²) < 4.78 is 5.83. The van der Waals surface area contributed by atoms with Gasteiger partial charge in [-0.25, -0.2) is 0 Å². The zero-order valence-corrected chi connectivity index (χ0v) is 13.4. The molecular weight excluding hydrogens is 278 g/mol. The van der Waals surface area contributed by atoms with Gasteiger partial charge in [-0.3, -0.25) is 5.21 Å². The summed E-state index contributed by atoms with van der Waals surface area (Å²) in [5, 5.41) is 12.1. The first-order valence-electron chi connectivity index (χ1n) is 7.94. The zero-order chi connectivity index (χ0) is 15.9. The Kier molecular flexibility index (Phi) is 6.01. The molecule has 0 fully saturated rings. The lowest BCUT2D eigenvalue weighted by Crippen LogP contribution is -2.43. The third-order valence-corrected chi connectivity index (χ3v) is 4.09. The lowest BCUT2D eigenvalue weighted by atomic mass is 9.80. The molecule has 4 nitrogen and oxygen atoms in total. The third-order valence-electron chi connectivity index (χ3n) is 4.09. The van der Waals surface area contributed by atoms with Crippen molar-refractivity contribution in [2.24, 2.45) is 5.92 Å². The molecule has 0 bridgehead atoms. The molecular formula is C18H25NO3. The van der Waals surface area contributed by atoms with Crippen molar-refractivity contribution in [3.05, 3.63) is 53.8 Å². The van der Waals surface area contributed by atoms with Gasteiger partial charge in [0.25, 0.3) is 0 Å². The summed E-state index contributed by atoms with van der Waals surface area (Å²) in [5.74, 6) is 0.0408. The molecule has 0 saturated carbocycles. The fourth-order valence-electron chi connectivity index (χ4n) is 2.92. The smallest absolute Gasteiger partial charge is 0.226 e. The molecule has 3 atom stereocenters.